The van der Waals surface area contributed by atoms with Crippen molar-refractivity contribution in [3.05, 3.63) is 24.3 Å². The summed E-state index contributed by atoms with van der Waals surface area (Å²) in [6, 6.07) is 7.33. The number of hydrogen-bond acceptors (Lipinski definition) is 5. The van der Waals surface area contributed by atoms with Gasteiger partial charge in [-0.1, -0.05) is 12.1 Å². The lowest BCUT2D eigenvalue weighted by Gasteiger charge is -2.14. The summed E-state index contributed by atoms with van der Waals surface area (Å²) in [5.41, 5.74) is 0. The lowest BCUT2D eigenvalue weighted by molar-refractivity contribution is 0.105. The molecular formula is C14H23NO4S. The fraction of sp³-hybridized carbons (Fsp3) is 0.571. The largest absolute Gasteiger partial charge is 0.493 e. The fourth-order valence-electron chi connectivity index (χ4n) is 1.65. The van der Waals surface area contributed by atoms with E-state index < -0.39 is 16.9 Å². The van der Waals surface area contributed by atoms with Gasteiger partial charge in [-0.25, -0.2) is 0 Å². The molecule has 0 fully saturated rings. The van der Waals surface area contributed by atoms with Crippen LogP contribution in [0.4, 0.5) is 0 Å². The Kier molecular flexibility index (Phi) is 8.25. The van der Waals surface area contributed by atoms with Crippen LogP contribution in [0.2, 0.25) is 0 Å². The second-order valence-electron chi connectivity index (χ2n) is 4.45. The van der Waals surface area contributed by atoms with E-state index in [2.05, 4.69) is 5.32 Å². The van der Waals surface area contributed by atoms with Crippen molar-refractivity contribution in [2.24, 2.45) is 0 Å². The molecule has 20 heavy (non-hydrogen) atoms. The first kappa shape index (κ1) is 16.9. The van der Waals surface area contributed by atoms with Gasteiger partial charge in [-0.15, -0.1) is 0 Å². The first-order valence-corrected chi connectivity index (χ1v) is 8.31. The first-order chi connectivity index (χ1) is 9.63. The molecule has 0 bridgehead atoms. The van der Waals surface area contributed by atoms with E-state index in [1.807, 2.05) is 18.2 Å². The van der Waals surface area contributed by atoms with Crippen LogP contribution in [-0.4, -0.2) is 54.2 Å². The minimum absolute atomic E-state index is 0.201. The molecule has 2 unspecified atom stereocenters. The molecule has 1 aromatic rings. The Morgan fingerprint density at radius 1 is 1.35 bits per heavy atom. The Bertz CT molecular complexity index is 414. The molecule has 0 aromatic heterocycles. The molecule has 0 saturated carbocycles. The quantitative estimate of drug-likeness (QED) is 0.626. The minimum Gasteiger partial charge on any atom is -0.493 e. The number of nitrogens with one attached hydrogen (secondary N) is 1. The van der Waals surface area contributed by atoms with Gasteiger partial charge in [0.2, 0.25) is 0 Å². The average Bonchev–Trinajstić information content (AvgIpc) is 2.44. The third-order valence-electron chi connectivity index (χ3n) is 2.67. The summed E-state index contributed by atoms with van der Waals surface area (Å²) < 4.78 is 21.5. The van der Waals surface area contributed by atoms with Gasteiger partial charge in [-0.3, -0.25) is 4.21 Å². The number of aliphatic hydroxyl groups is 1. The van der Waals surface area contributed by atoms with Gasteiger partial charge in [0.05, 0.1) is 7.11 Å². The summed E-state index contributed by atoms with van der Waals surface area (Å²) in [5, 5.41) is 12.9. The highest BCUT2D eigenvalue weighted by atomic mass is 32.2. The molecule has 1 rings (SSSR count). The van der Waals surface area contributed by atoms with Crippen LogP contribution in [0.15, 0.2) is 24.3 Å². The van der Waals surface area contributed by atoms with Crippen LogP contribution in [0.3, 0.4) is 0 Å². The van der Waals surface area contributed by atoms with Gasteiger partial charge in [0.15, 0.2) is 11.5 Å². The van der Waals surface area contributed by atoms with Crippen molar-refractivity contribution in [1.82, 2.24) is 5.32 Å². The van der Waals surface area contributed by atoms with Crippen LogP contribution >= 0.6 is 0 Å². The molecule has 1 aromatic carbocycles. The van der Waals surface area contributed by atoms with Crippen LogP contribution in [0.1, 0.15) is 6.42 Å². The number of rotatable bonds is 10. The summed E-state index contributed by atoms with van der Waals surface area (Å²) >= 11 is 0. The maximum absolute atomic E-state index is 10.9. The van der Waals surface area contributed by atoms with Gasteiger partial charge in [0, 0.05) is 29.4 Å². The third kappa shape index (κ3) is 6.88. The third-order valence-corrected chi connectivity index (χ3v) is 3.53. The summed E-state index contributed by atoms with van der Waals surface area (Å²) in [5.74, 6) is 1.95. The van der Waals surface area contributed by atoms with Crippen molar-refractivity contribution >= 4 is 10.8 Å². The van der Waals surface area contributed by atoms with Crippen LogP contribution in [0, 0.1) is 0 Å². The van der Waals surface area contributed by atoms with Gasteiger partial charge in [0.25, 0.3) is 0 Å². The topological polar surface area (TPSA) is 67.8 Å². The van der Waals surface area contributed by atoms with Crippen LogP contribution < -0.4 is 14.8 Å². The van der Waals surface area contributed by atoms with Gasteiger partial charge in [-0.05, 0) is 25.1 Å². The summed E-state index contributed by atoms with van der Waals surface area (Å²) in [6.45, 7) is 1.39. The van der Waals surface area contributed by atoms with E-state index in [-0.39, 0.29) is 6.61 Å². The van der Waals surface area contributed by atoms with E-state index in [1.165, 1.54) is 0 Å². The normalized spacial score (nSPS) is 13.8. The van der Waals surface area contributed by atoms with Gasteiger partial charge >= 0.3 is 0 Å². The number of benzene rings is 1. The van der Waals surface area contributed by atoms with E-state index >= 15 is 0 Å². The summed E-state index contributed by atoms with van der Waals surface area (Å²) in [7, 11) is 0.828. The predicted molar refractivity (Wildman–Crippen MR) is 80.9 cm³/mol. The maximum atomic E-state index is 10.9. The molecule has 0 aliphatic carbocycles. The average molecular weight is 301 g/mol. The van der Waals surface area contributed by atoms with Crippen LogP contribution in [0.25, 0.3) is 0 Å². The van der Waals surface area contributed by atoms with Gasteiger partial charge in [-0.2, -0.15) is 0 Å². The van der Waals surface area contributed by atoms with E-state index in [0.29, 0.717) is 23.8 Å². The number of para-hydroxylation sites is 2. The number of aliphatic hydroxyl groups excluding tert-OH is 1. The molecule has 6 heteroatoms. The standard InChI is InChI=1S/C14H23NO4S/c1-18-13-6-3-4-7-14(13)19-11-12(16)10-15-8-5-9-20(2)17/h3-4,6-7,12,15-16H,5,8-11H2,1-2H3. The Hall–Kier alpha value is -1.11. The maximum Gasteiger partial charge on any atom is 0.161 e. The van der Waals surface area contributed by atoms with Crippen LogP contribution in [-0.2, 0) is 10.8 Å². The summed E-state index contributed by atoms with van der Waals surface area (Å²) in [6.07, 6.45) is 1.94. The zero-order valence-corrected chi connectivity index (χ0v) is 12.8. The van der Waals surface area contributed by atoms with Crippen molar-refractivity contribution in [2.45, 2.75) is 12.5 Å². The number of methoxy groups -OCH3 is 1. The molecule has 114 valence electrons. The highest BCUT2D eigenvalue weighted by molar-refractivity contribution is 7.84. The van der Waals surface area contributed by atoms with E-state index in [4.69, 9.17) is 9.47 Å². The lowest BCUT2D eigenvalue weighted by atomic mass is 10.3. The molecule has 0 heterocycles. The minimum atomic E-state index is -0.753. The molecule has 2 N–H and O–H groups in total. The molecule has 0 aliphatic rings. The molecule has 0 spiro atoms. The zero-order chi connectivity index (χ0) is 14.8. The monoisotopic (exact) mass is 301 g/mol. The van der Waals surface area contributed by atoms with E-state index in [1.54, 1.807) is 19.4 Å². The number of hydrogen-bond donors (Lipinski definition) is 2. The molecule has 2 atom stereocenters. The Labute approximate surface area is 122 Å². The zero-order valence-electron chi connectivity index (χ0n) is 12.0. The predicted octanol–water partition coefficient (Wildman–Crippen LogP) is 0.793. The first-order valence-electron chi connectivity index (χ1n) is 6.58. The van der Waals surface area contributed by atoms with Gasteiger partial charge < -0.3 is 19.9 Å². The fourth-order valence-corrected chi connectivity index (χ4v) is 2.20. The Morgan fingerprint density at radius 3 is 2.70 bits per heavy atom. The van der Waals surface area contributed by atoms with Crippen LogP contribution in [0.5, 0.6) is 11.5 Å². The second-order valence-corrected chi connectivity index (χ2v) is 6.01. The Balaban J connectivity index is 2.19. The van der Waals surface area contributed by atoms with Crippen molar-refractivity contribution < 1.29 is 18.8 Å². The SMILES string of the molecule is COc1ccccc1OCC(O)CNCCCS(C)=O. The highest BCUT2D eigenvalue weighted by Gasteiger charge is 2.07. The van der Waals surface area contributed by atoms with Crippen molar-refractivity contribution in [3.63, 3.8) is 0 Å². The molecule has 5 nitrogen and oxygen atoms in total. The lowest BCUT2D eigenvalue weighted by Crippen LogP contribution is -2.32. The molecule has 0 radical (unpaired) electrons. The molecule has 0 saturated heterocycles. The molecular weight excluding hydrogens is 278 g/mol. The van der Waals surface area contributed by atoms with Gasteiger partial charge in [0.1, 0.15) is 12.7 Å². The summed E-state index contributed by atoms with van der Waals surface area (Å²) in [4.78, 5) is 0. The highest BCUT2D eigenvalue weighted by Crippen LogP contribution is 2.25. The van der Waals surface area contributed by atoms with E-state index in [9.17, 15) is 9.32 Å². The smallest absolute Gasteiger partial charge is 0.161 e. The van der Waals surface area contributed by atoms with Crippen molar-refractivity contribution in [1.29, 1.82) is 0 Å². The van der Waals surface area contributed by atoms with Crippen molar-refractivity contribution in [3.8, 4) is 11.5 Å². The Morgan fingerprint density at radius 2 is 2.05 bits per heavy atom. The molecule has 0 aliphatic heterocycles. The molecule has 0 amide bonds. The second kappa shape index (κ2) is 9.74. The number of ether oxygens (including phenoxy) is 2. The van der Waals surface area contributed by atoms with E-state index in [0.717, 1.165) is 13.0 Å². The van der Waals surface area contributed by atoms with Crippen molar-refractivity contribution in [2.75, 3.05) is 38.8 Å².